The summed E-state index contributed by atoms with van der Waals surface area (Å²) in [4.78, 5) is 15.2. The molecule has 2 aromatic rings. The standard InChI is InChI=1S/C22H27F3N4O/c1-15-4-3-10-28(14-15)11-9-26-21(30)19-13-27-29(20(19)16-7-8-16)18-6-2-5-17(12-18)22(23,24)25/h2,5-6,12-13,15-16H,3-4,7-11,14H2,1H3,(H,26,30). The van der Waals surface area contributed by atoms with E-state index in [4.69, 9.17) is 0 Å². The van der Waals surface area contributed by atoms with E-state index in [1.165, 1.54) is 29.8 Å². The number of aromatic nitrogens is 2. The Morgan fingerprint density at radius 1 is 1.27 bits per heavy atom. The summed E-state index contributed by atoms with van der Waals surface area (Å²) in [5, 5.41) is 7.25. The smallest absolute Gasteiger partial charge is 0.351 e. The number of hydrogen-bond donors (Lipinski definition) is 1. The average molecular weight is 420 g/mol. The normalized spacial score (nSPS) is 20.3. The molecule has 1 unspecified atom stereocenters. The molecule has 0 spiro atoms. The first kappa shape index (κ1) is 20.9. The molecular formula is C22H27F3N4O. The van der Waals surface area contributed by atoms with Crippen LogP contribution in [0.15, 0.2) is 30.5 Å². The number of rotatable bonds is 6. The predicted octanol–water partition coefficient (Wildman–Crippen LogP) is 4.23. The molecular weight excluding hydrogens is 393 g/mol. The summed E-state index contributed by atoms with van der Waals surface area (Å²) in [7, 11) is 0. The number of carbonyl (C=O) groups is 1. The number of nitrogens with one attached hydrogen (secondary N) is 1. The highest BCUT2D eigenvalue weighted by molar-refractivity contribution is 5.95. The molecule has 1 aliphatic heterocycles. The molecule has 1 aromatic carbocycles. The third-order valence-electron chi connectivity index (χ3n) is 5.89. The topological polar surface area (TPSA) is 50.2 Å². The van der Waals surface area contributed by atoms with Crippen LogP contribution in [0.3, 0.4) is 0 Å². The number of benzene rings is 1. The Morgan fingerprint density at radius 2 is 2.07 bits per heavy atom. The molecule has 1 saturated heterocycles. The minimum Gasteiger partial charge on any atom is -0.351 e. The highest BCUT2D eigenvalue weighted by Gasteiger charge is 2.34. The summed E-state index contributed by atoms with van der Waals surface area (Å²) >= 11 is 0. The van der Waals surface area contributed by atoms with Crippen LogP contribution in [0.5, 0.6) is 0 Å². The van der Waals surface area contributed by atoms with Gasteiger partial charge < -0.3 is 10.2 Å². The minimum atomic E-state index is -4.42. The van der Waals surface area contributed by atoms with Gasteiger partial charge in [0.1, 0.15) is 0 Å². The number of piperidine rings is 1. The van der Waals surface area contributed by atoms with E-state index in [0.717, 1.165) is 44.6 Å². The predicted molar refractivity (Wildman–Crippen MR) is 108 cm³/mol. The molecule has 4 rings (SSSR count). The number of likely N-dealkylation sites (tertiary alicyclic amines) is 1. The Hall–Kier alpha value is -2.35. The lowest BCUT2D eigenvalue weighted by atomic mass is 10.0. The number of alkyl halides is 3. The van der Waals surface area contributed by atoms with Crippen molar-refractivity contribution in [3.05, 3.63) is 47.3 Å². The maximum absolute atomic E-state index is 13.1. The number of amides is 1. The van der Waals surface area contributed by atoms with E-state index in [9.17, 15) is 18.0 Å². The monoisotopic (exact) mass is 420 g/mol. The summed E-state index contributed by atoms with van der Waals surface area (Å²) in [6.45, 7) is 5.70. The Labute approximate surface area is 174 Å². The second-order valence-corrected chi connectivity index (χ2v) is 8.48. The van der Waals surface area contributed by atoms with E-state index in [0.29, 0.717) is 29.4 Å². The van der Waals surface area contributed by atoms with Crippen LogP contribution in [0.25, 0.3) is 5.69 Å². The van der Waals surface area contributed by atoms with Crippen molar-refractivity contribution in [1.29, 1.82) is 0 Å². The zero-order chi connectivity index (χ0) is 21.3. The van der Waals surface area contributed by atoms with Gasteiger partial charge in [0.15, 0.2) is 0 Å². The lowest BCUT2D eigenvalue weighted by Gasteiger charge is -2.30. The van der Waals surface area contributed by atoms with E-state index < -0.39 is 11.7 Å². The fourth-order valence-electron chi connectivity index (χ4n) is 4.21. The van der Waals surface area contributed by atoms with Gasteiger partial charge in [0.2, 0.25) is 0 Å². The van der Waals surface area contributed by atoms with Crippen LogP contribution in [-0.2, 0) is 6.18 Å². The van der Waals surface area contributed by atoms with Crippen molar-refractivity contribution >= 4 is 5.91 Å². The van der Waals surface area contributed by atoms with E-state index in [-0.39, 0.29) is 11.8 Å². The molecule has 1 amide bonds. The van der Waals surface area contributed by atoms with Crippen LogP contribution in [-0.4, -0.2) is 46.8 Å². The summed E-state index contributed by atoms with van der Waals surface area (Å²) < 4.78 is 40.8. The second kappa shape index (κ2) is 8.41. The second-order valence-electron chi connectivity index (χ2n) is 8.48. The van der Waals surface area contributed by atoms with Crippen molar-refractivity contribution in [2.45, 2.75) is 44.7 Å². The Kier molecular flexibility index (Phi) is 5.86. The van der Waals surface area contributed by atoms with Crippen molar-refractivity contribution < 1.29 is 18.0 Å². The molecule has 1 N–H and O–H groups in total. The van der Waals surface area contributed by atoms with Gasteiger partial charge >= 0.3 is 6.18 Å². The quantitative estimate of drug-likeness (QED) is 0.761. The van der Waals surface area contributed by atoms with Crippen LogP contribution in [0.1, 0.15) is 60.1 Å². The van der Waals surface area contributed by atoms with Gasteiger partial charge in [-0.1, -0.05) is 13.0 Å². The van der Waals surface area contributed by atoms with Crippen LogP contribution in [0.4, 0.5) is 13.2 Å². The summed E-state index contributed by atoms with van der Waals surface area (Å²) in [6, 6.07) is 5.08. The van der Waals surface area contributed by atoms with E-state index in [1.807, 2.05) is 0 Å². The lowest BCUT2D eigenvalue weighted by molar-refractivity contribution is -0.137. The van der Waals surface area contributed by atoms with Crippen LogP contribution >= 0.6 is 0 Å². The Balaban J connectivity index is 1.48. The molecule has 1 atom stereocenters. The molecule has 2 fully saturated rings. The minimum absolute atomic E-state index is 0.158. The van der Waals surface area contributed by atoms with Crippen molar-refractivity contribution in [2.75, 3.05) is 26.2 Å². The number of halogens is 3. The first-order valence-electron chi connectivity index (χ1n) is 10.6. The number of carbonyl (C=O) groups excluding carboxylic acids is 1. The van der Waals surface area contributed by atoms with Gasteiger partial charge in [-0.3, -0.25) is 4.79 Å². The molecule has 162 valence electrons. The fourth-order valence-corrected chi connectivity index (χ4v) is 4.21. The zero-order valence-electron chi connectivity index (χ0n) is 17.1. The molecule has 2 heterocycles. The van der Waals surface area contributed by atoms with Crippen molar-refractivity contribution in [1.82, 2.24) is 20.0 Å². The first-order valence-corrected chi connectivity index (χ1v) is 10.6. The molecule has 2 aliphatic rings. The molecule has 5 nitrogen and oxygen atoms in total. The van der Waals surface area contributed by atoms with Gasteiger partial charge in [-0.25, -0.2) is 4.68 Å². The zero-order valence-corrected chi connectivity index (χ0v) is 17.1. The van der Waals surface area contributed by atoms with E-state index in [1.54, 1.807) is 6.07 Å². The first-order chi connectivity index (χ1) is 14.3. The Bertz CT molecular complexity index is 904. The SMILES string of the molecule is CC1CCCN(CCNC(=O)c2cnn(-c3cccc(C(F)(F)F)c3)c2C2CC2)C1. The van der Waals surface area contributed by atoms with Crippen LogP contribution in [0.2, 0.25) is 0 Å². The maximum Gasteiger partial charge on any atom is 0.416 e. The third-order valence-corrected chi connectivity index (χ3v) is 5.89. The lowest BCUT2D eigenvalue weighted by Crippen LogP contribution is -2.40. The van der Waals surface area contributed by atoms with Crippen LogP contribution in [0, 0.1) is 5.92 Å². The third kappa shape index (κ3) is 4.69. The van der Waals surface area contributed by atoms with Gasteiger partial charge in [-0.15, -0.1) is 0 Å². The summed E-state index contributed by atoms with van der Waals surface area (Å²) in [5.74, 6) is 0.632. The van der Waals surface area contributed by atoms with Crippen LogP contribution < -0.4 is 5.32 Å². The molecule has 0 bridgehead atoms. The maximum atomic E-state index is 13.1. The van der Waals surface area contributed by atoms with Gasteiger partial charge in [-0.2, -0.15) is 18.3 Å². The average Bonchev–Trinajstić information content (AvgIpc) is 3.45. The highest BCUT2D eigenvalue weighted by atomic mass is 19.4. The van der Waals surface area contributed by atoms with E-state index in [2.05, 4.69) is 22.2 Å². The number of nitrogens with zero attached hydrogens (tertiary/aromatic N) is 3. The van der Waals surface area contributed by atoms with Gasteiger partial charge in [0, 0.05) is 25.6 Å². The molecule has 0 radical (unpaired) electrons. The van der Waals surface area contributed by atoms with Crippen molar-refractivity contribution in [2.24, 2.45) is 5.92 Å². The molecule has 30 heavy (non-hydrogen) atoms. The highest BCUT2D eigenvalue weighted by Crippen LogP contribution is 2.42. The molecule has 1 aliphatic carbocycles. The molecule has 8 heteroatoms. The largest absolute Gasteiger partial charge is 0.416 e. The van der Waals surface area contributed by atoms with E-state index >= 15 is 0 Å². The fraction of sp³-hybridized carbons (Fsp3) is 0.545. The van der Waals surface area contributed by atoms with Gasteiger partial charge in [0.25, 0.3) is 5.91 Å². The number of hydrogen-bond acceptors (Lipinski definition) is 3. The van der Waals surface area contributed by atoms with Crippen molar-refractivity contribution in [3.8, 4) is 5.69 Å². The van der Waals surface area contributed by atoms with Gasteiger partial charge in [0.05, 0.1) is 28.7 Å². The summed E-state index contributed by atoms with van der Waals surface area (Å²) in [6.07, 6.45) is 1.32. The summed E-state index contributed by atoms with van der Waals surface area (Å²) in [5.41, 5.74) is 0.771. The Morgan fingerprint density at radius 3 is 2.77 bits per heavy atom. The molecule has 1 aromatic heterocycles. The van der Waals surface area contributed by atoms with Crippen molar-refractivity contribution in [3.63, 3.8) is 0 Å². The molecule has 1 saturated carbocycles. The van der Waals surface area contributed by atoms with Gasteiger partial charge in [-0.05, 0) is 56.3 Å².